The van der Waals surface area contributed by atoms with Gasteiger partial charge in [-0.2, -0.15) is 0 Å². The van der Waals surface area contributed by atoms with Crippen molar-refractivity contribution in [2.75, 3.05) is 0 Å². The highest BCUT2D eigenvalue weighted by atomic mass is 16.5. The zero-order valence-electron chi connectivity index (χ0n) is 12.8. The summed E-state index contributed by atoms with van der Waals surface area (Å²) in [4.78, 5) is 13.6. The molecule has 0 atom stereocenters. The van der Waals surface area contributed by atoms with E-state index in [1.165, 1.54) is 0 Å². The van der Waals surface area contributed by atoms with E-state index >= 15 is 0 Å². The van der Waals surface area contributed by atoms with E-state index in [0.717, 1.165) is 28.4 Å². The van der Waals surface area contributed by atoms with Crippen LogP contribution in [0.5, 0.6) is 5.75 Å². The van der Waals surface area contributed by atoms with E-state index in [0.29, 0.717) is 11.3 Å². The molecular formula is C17H15N3O3. The molecule has 0 bridgehead atoms. The lowest BCUT2D eigenvalue weighted by Crippen LogP contribution is -2.01. The van der Waals surface area contributed by atoms with Crippen LogP contribution in [0, 0.1) is 13.8 Å². The monoisotopic (exact) mass is 309 g/mol. The van der Waals surface area contributed by atoms with Crippen molar-refractivity contribution in [3.05, 3.63) is 59.9 Å². The van der Waals surface area contributed by atoms with Crippen molar-refractivity contribution >= 4 is 17.0 Å². The van der Waals surface area contributed by atoms with Crippen LogP contribution < -0.4 is 0 Å². The van der Waals surface area contributed by atoms with Crippen LogP contribution >= 0.6 is 0 Å². The number of benzene rings is 2. The van der Waals surface area contributed by atoms with Crippen LogP contribution in [-0.4, -0.2) is 25.1 Å². The Morgan fingerprint density at radius 3 is 2.57 bits per heavy atom. The van der Waals surface area contributed by atoms with Gasteiger partial charge in [-0.3, -0.25) is 0 Å². The van der Waals surface area contributed by atoms with Gasteiger partial charge in [0.1, 0.15) is 22.5 Å². The minimum absolute atomic E-state index is 0.222. The standard InChI is InChI=1S/C17H15N3O3/c1-4-23-17(22)12-5-6-13-14(9-12)19-18(13)20(19)15-7-10(2)11(3)8-16(15)21/h4-9,21H,1H2,2-3H3. The number of phenolic OH excluding ortho intramolecular Hbond substituents is 1. The second-order valence-electron chi connectivity index (χ2n) is 5.57. The number of ether oxygens (including phenoxy) is 1. The molecule has 0 aliphatic carbocycles. The van der Waals surface area contributed by atoms with Gasteiger partial charge in [0, 0.05) is 0 Å². The first-order valence-corrected chi connectivity index (χ1v) is 7.19. The summed E-state index contributed by atoms with van der Waals surface area (Å²) in [6.07, 6.45) is 1.12. The van der Waals surface area contributed by atoms with Gasteiger partial charge in [-0.1, -0.05) is 6.58 Å². The van der Waals surface area contributed by atoms with E-state index in [1.807, 2.05) is 40.0 Å². The van der Waals surface area contributed by atoms with Gasteiger partial charge in [-0.25, -0.2) is 4.79 Å². The Morgan fingerprint density at radius 2 is 1.83 bits per heavy atom. The fraction of sp³-hybridized carbons (Fsp3) is 0.118. The van der Waals surface area contributed by atoms with E-state index in [2.05, 4.69) is 6.58 Å². The Hall–Kier alpha value is -3.15. The number of hydrogen-bond donors (Lipinski definition) is 1. The number of nitrogens with zero attached hydrogens (tertiary/aromatic N) is 3. The lowest BCUT2D eigenvalue weighted by molar-refractivity contribution is 0.0664. The van der Waals surface area contributed by atoms with Crippen LogP contribution in [0.15, 0.2) is 43.2 Å². The normalized spacial score (nSPS) is 11.6. The fourth-order valence-corrected chi connectivity index (χ4v) is 2.76. The highest BCUT2D eigenvalue weighted by Gasteiger charge is 2.26. The third-order valence-corrected chi connectivity index (χ3v) is 4.15. The maximum atomic E-state index is 11.8. The molecule has 23 heavy (non-hydrogen) atoms. The SMILES string of the molecule is C=COC(=O)c1ccc2c(c1)n1n(-c3cc(C)c(C)cc3O)n21. The lowest BCUT2D eigenvalue weighted by atomic mass is 10.1. The summed E-state index contributed by atoms with van der Waals surface area (Å²) < 4.78 is 8.59. The van der Waals surface area contributed by atoms with Gasteiger partial charge in [0.05, 0.1) is 11.8 Å². The average Bonchev–Trinajstić information content (AvgIpc) is 3.17. The van der Waals surface area contributed by atoms with Crippen LogP contribution in [-0.2, 0) is 4.74 Å². The lowest BCUT2D eigenvalue weighted by Gasteiger charge is -2.03. The number of rotatable bonds is 3. The van der Waals surface area contributed by atoms with Crippen molar-refractivity contribution in [2.24, 2.45) is 0 Å². The first kappa shape index (κ1) is 13.5. The molecule has 4 aromatic rings. The molecule has 0 aliphatic rings. The molecule has 2 aromatic carbocycles. The summed E-state index contributed by atoms with van der Waals surface area (Å²) >= 11 is 0. The first-order valence-electron chi connectivity index (χ1n) is 7.19. The Kier molecular flexibility index (Phi) is 2.60. The number of carbonyl (C=O) groups excluding carboxylic acids is 1. The zero-order chi connectivity index (χ0) is 16.3. The number of aromatic hydroxyl groups is 1. The maximum absolute atomic E-state index is 11.8. The van der Waals surface area contributed by atoms with Crippen molar-refractivity contribution in [2.45, 2.75) is 13.8 Å². The molecule has 116 valence electrons. The van der Waals surface area contributed by atoms with Gasteiger partial charge < -0.3 is 9.84 Å². The summed E-state index contributed by atoms with van der Waals surface area (Å²) in [6, 6.07) is 9.01. The molecule has 0 spiro atoms. The zero-order valence-corrected chi connectivity index (χ0v) is 12.8. The maximum Gasteiger partial charge on any atom is 0.342 e. The Bertz CT molecular complexity index is 1060. The van der Waals surface area contributed by atoms with Gasteiger partial charge in [0.25, 0.3) is 0 Å². The van der Waals surface area contributed by atoms with Crippen molar-refractivity contribution in [3.63, 3.8) is 0 Å². The van der Waals surface area contributed by atoms with Gasteiger partial charge in [-0.15, -0.1) is 14.1 Å². The number of aromatic nitrogens is 3. The molecule has 4 rings (SSSR count). The van der Waals surface area contributed by atoms with E-state index in [9.17, 15) is 9.90 Å². The minimum Gasteiger partial charge on any atom is -0.506 e. The molecule has 2 aromatic heterocycles. The molecule has 6 heteroatoms. The van der Waals surface area contributed by atoms with Gasteiger partial charge in [0.15, 0.2) is 0 Å². The van der Waals surface area contributed by atoms with E-state index in [-0.39, 0.29) is 5.75 Å². The van der Waals surface area contributed by atoms with Gasteiger partial charge in [-0.05, 0) is 55.3 Å². The van der Waals surface area contributed by atoms with Crippen LogP contribution in [0.3, 0.4) is 0 Å². The topological polar surface area (TPSA) is 60.3 Å². The molecular weight excluding hydrogens is 294 g/mol. The van der Waals surface area contributed by atoms with Crippen molar-refractivity contribution in [1.29, 1.82) is 0 Å². The quantitative estimate of drug-likeness (QED) is 0.467. The number of esters is 1. The van der Waals surface area contributed by atoms with Crippen LogP contribution in [0.25, 0.3) is 16.7 Å². The van der Waals surface area contributed by atoms with Crippen molar-refractivity contribution < 1.29 is 14.6 Å². The molecule has 0 amide bonds. The Labute approximate surface area is 131 Å². The molecule has 0 unspecified atom stereocenters. The molecule has 1 N–H and O–H groups in total. The largest absolute Gasteiger partial charge is 0.506 e. The molecule has 0 fully saturated rings. The third-order valence-electron chi connectivity index (χ3n) is 4.15. The number of aryl methyl sites for hydroxylation is 2. The molecule has 2 heterocycles. The Morgan fingerprint density at radius 1 is 1.13 bits per heavy atom. The summed E-state index contributed by atoms with van der Waals surface area (Å²) in [5.41, 5.74) is 5.17. The number of phenols is 1. The molecule has 0 radical (unpaired) electrons. The second kappa shape index (κ2) is 4.42. The van der Waals surface area contributed by atoms with Crippen molar-refractivity contribution in [1.82, 2.24) is 14.1 Å². The number of hydrogen-bond acceptors (Lipinski definition) is 3. The summed E-state index contributed by atoms with van der Waals surface area (Å²) in [5, 5.41) is 10.2. The smallest absolute Gasteiger partial charge is 0.342 e. The fourth-order valence-electron chi connectivity index (χ4n) is 2.76. The number of fused-ring (bicyclic) bond motifs is 4. The molecule has 0 saturated heterocycles. The van der Waals surface area contributed by atoms with Gasteiger partial charge in [0.2, 0.25) is 0 Å². The predicted octanol–water partition coefficient (Wildman–Crippen LogP) is 3.04. The van der Waals surface area contributed by atoms with Crippen LogP contribution in [0.2, 0.25) is 0 Å². The first-order chi connectivity index (χ1) is 11.0. The molecule has 0 saturated carbocycles. The number of carbonyl (C=O) groups is 1. The molecule has 6 nitrogen and oxygen atoms in total. The Balaban J connectivity index is 1.82. The van der Waals surface area contributed by atoms with E-state index in [1.54, 1.807) is 18.2 Å². The summed E-state index contributed by atoms with van der Waals surface area (Å²) in [7, 11) is 0. The van der Waals surface area contributed by atoms with Crippen LogP contribution in [0.1, 0.15) is 21.5 Å². The van der Waals surface area contributed by atoms with Crippen molar-refractivity contribution in [3.8, 4) is 11.4 Å². The second-order valence-corrected chi connectivity index (χ2v) is 5.57. The van der Waals surface area contributed by atoms with Gasteiger partial charge >= 0.3 is 5.97 Å². The summed E-state index contributed by atoms with van der Waals surface area (Å²) in [6.45, 7) is 7.35. The van der Waals surface area contributed by atoms with Crippen LogP contribution in [0.4, 0.5) is 0 Å². The highest BCUT2D eigenvalue weighted by molar-refractivity contribution is 5.94. The van der Waals surface area contributed by atoms with E-state index < -0.39 is 5.97 Å². The summed E-state index contributed by atoms with van der Waals surface area (Å²) in [5.74, 6) is -0.219. The molecule has 0 aliphatic heterocycles. The average molecular weight is 309 g/mol. The highest BCUT2D eigenvalue weighted by Crippen LogP contribution is 2.32. The predicted molar refractivity (Wildman–Crippen MR) is 85.6 cm³/mol. The minimum atomic E-state index is -0.441. The third kappa shape index (κ3) is 1.78. The van der Waals surface area contributed by atoms with E-state index in [4.69, 9.17) is 4.74 Å².